The third kappa shape index (κ3) is 4.19. The molecule has 96 valence electrons. The Kier molecular flexibility index (Phi) is 5.69. The van der Waals surface area contributed by atoms with E-state index in [4.69, 9.17) is 0 Å². The average Bonchev–Trinajstić information content (AvgIpc) is 2.32. The van der Waals surface area contributed by atoms with Gasteiger partial charge in [-0.05, 0) is 26.4 Å². The largest absolute Gasteiger partial charge is 0.494 e. The molecular formula is C12H18F2N2O. The molecule has 1 aromatic carbocycles. The fourth-order valence-electron chi connectivity index (χ4n) is 1.47. The minimum atomic E-state index is -0.563. The summed E-state index contributed by atoms with van der Waals surface area (Å²) in [5.41, 5.74) is 0.174. The molecular weight excluding hydrogens is 226 g/mol. The molecule has 0 radical (unpaired) electrons. The highest BCUT2D eigenvalue weighted by molar-refractivity contribution is 5.48. The van der Waals surface area contributed by atoms with Crippen LogP contribution in [0.15, 0.2) is 12.1 Å². The Morgan fingerprint density at radius 2 is 1.82 bits per heavy atom. The Morgan fingerprint density at radius 1 is 1.12 bits per heavy atom. The third-order valence-corrected chi connectivity index (χ3v) is 2.41. The molecule has 17 heavy (non-hydrogen) atoms. The van der Waals surface area contributed by atoms with Gasteiger partial charge < -0.3 is 15.4 Å². The molecule has 0 saturated carbocycles. The first-order chi connectivity index (χ1) is 8.19. The monoisotopic (exact) mass is 244 g/mol. The standard InChI is InChI=1S/C12H18F2N2O/c1-15-5-3-4-6-16-11-7-10(14)12(17-2)8-9(11)13/h7-8,15-16H,3-6H2,1-2H3. The van der Waals surface area contributed by atoms with Crippen LogP contribution in [0.3, 0.4) is 0 Å². The van der Waals surface area contributed by atoms with Crippen LogP contribution in [0.2, 0.25) is 0 Å². The molecule has 0 heterocycles. The van der Waals surface area contributed by atoms with Gasteiger partial charge in [-0.2, -0.15) is 0 Å². The van der Waals surface area contributed by atoms with Crippen molar-refractivity contribution < 1.29 is 13.5 Å². The number of hydrogen-bond donors (Lipinski definition) is 2. The van der Waals surface area contributed by atoms with Gasteiger partial charge in [0, 0.05) is 18.7 Å². The molecule has 0 aliphatic carbocycles. The van der Waals surface area contributed by atoms with E-state index in [1.54, 1.807) is 0 Å². The van der Waals surface area contributed by atoms with E-state index >= 15 is 0 Å². The molecule has 0 aliphatic rings. The fourth-order valence-corrected chi connectivity index (χ4v) is 1.47. The maximum absolute atomic E-state index is 13.5. The number of hydrogen-bond acceptors (Lipinski definition) is 3. The Balaban J connectivity index is 2.51. The third-order valence-electron chi connectivity index (χ3n) is 2.41. The zero-order valence-corrected chi connectivity index (χ0v) is 10.1. The molecule has 2 N–H and O–H groups in total. The number of benzene rings is 1. The molecule has 0 spiro atoms. The summed E-state index contributed by atoms with van der Waals surface area (Å²) in [4.78, 5) is 0. The van der Waals surface area contributed by atoms with Crippen LogP contribution >= 0.6 is 0 Å². The molecule has 0 aromatic heterocycles. The first kappa shape index (κ1) is 13.7. The van der Waals surface area contributed by atoms with Crippen LogP contribution in [0.25, 0.3) is 0 Å². The number of ether oxygens (including phenoxy) is 1. The van der Waals surface area contributed by atoms with Crippen molar-refractivity contribution in [2.45, 2.75) is 12.8 Å². The van der Waals surface area contributed by atoms with Gasteiger partial charge in [-0.25, -0.2) is 8.78 Å². The number of rotatable bonds is 7. The number of unbranched alkanes of at least 4 members (excludes halogenated alkanes) is 1. The van der Waals surface area contributed by atoms with E-state index < -0.39 is 11.6 Å². The first-order valence-electron chi connectivity index (χ1n) is 5.60. The second-order valence-electron chi connectivity index (χ2n) is 3.70. The fraction of sp³-hybridized carbons (Fsp3) is 0.500. The van der Waals surface area contributed by atoms with Crippen molar-refractivity contribution in [1.82, 2.24) is 5.32 Å². The van der Waals surface area contributed by atoms with Gasteiger partial charge in [0.2, 0.25) is 0 Å². The van der Waals surface area contributed by atoms with Crippen molar-refractivity contribution in [3.8, 4) is 5.75 Å². The molecule has 1 aromatic rings. The highest BCUT2D eigenvalue weighted by Crippen LogP contribution is 2.24. The lowest BCUT2D eigenvalue weighted by molar-refractivity contribution is 0.383. The summed E-state index contributed by atoms with van der Waals surface area (Å²) in [5, 5.41) is 5.89. The second-order valence-corrected chi connectivity index (χ2v) is 3.70. The van der Waals surface area contributed by atoms with Crippen LogP contribution in [0.4, 0.5) is 14.5 Å². The minimum Gasteiger partial charge on any atom is -0.494 e. The van der Waals surface area contributed by atoms with Crippen molar-refractivity contribution >= 4 is 5.69 Å². The SMILES string of the molecule is CNCCCCNc1cc(F)c(OC)cc1F. The smallest absolute Gasteiger partial charge is 0.167 e. The second kappa shape index (κ2) is 7.06. The van der Waals surface area contributed by atoms with E-state index in [2.05, 4.69) is 15.4 Å². The van der Waals surface area contributed by atoms with Crippen molar-refractivity contribution in [3.05, 3.63) is 23.8 Å². The molecule has 5 heteroatoms. The number of nitrogens with one attached hydrogen (secondary N) is 2. The lowest BCUT2D eigenvalue weighted by atomic mass is 10.2. The van der Waals surface area contributed by atoms with Crippen LogP contribution in [-0.4, -0.2) is 27.2 Å². The molecule has 0 aliphatic heterocycles. The molecule has 1 rings (SSSR count). The van der Waals surface area contributed by atoms with Gasteiger partial charge in [-0.15, -0.1) is 0 Å². The maximum atomic E-state index is 13.5. The maximum Gasteiger partial charge on any atom is 0.167 e. The zero-order chi connectivity index (χ0) is 12.7. The van der Waals surface area contributed by atoms with E-state index in [1.165, 1.54) is 7.11 Å². The van der Waals surface area contributed by atoms with Gasteiger partial charge in [0.05, 0.1) is 12.8 Å². The lowest BCUT2D eigenvalue weighted by Crippen LogP contribution is -2.10. The van der Waals surface area contributed by atoms with Crippen LogP contribution in [0, 0.1) is 11.6 Å². The number of methoxy groups -OCH3 is 1. The van der Waals surface area contributed by atoms with Gasteiger partial charge in [-0.1, -0.05) is 0 Å². The Bertz CT molecular complexity index is 359. The van der Waals surface area contributed by atoms with Crippen LogP contribution in [-0.2, 0) is 0 Å². The molecule has 3 nitrogen and oxygen atoms in total. The summed E-state index contributed by atoms with van der Waals surface area (Å²) >= 11 is 0. The summed E-state index contributed by atoms with van der Waals surface area (Å²) in [7, 11) is 3.19. The molecule has 0 bridgehead atoms. The van der Waals surface area contributed by atoms with Gasteiger partial charge in [0.1, 0.15) is 5.82 Å². The van der Waals surface area contributed by atoms with Crippen molar-refractivity contribution in [1.29, 1.82) is 0 Å². The minimum absolute atomic E-state index is 0.0803. The summed E-state index contributed by atoms with van der Waals surface area (Å²) in [6.07, 6.45) is 1.89. The summed E-state index contributed by atoms with van der Waals surface area (Å²) in [5.74, 6) is -1.15. The average molecular weight is 244 g/mol. The van der Waals surface area contributed by atoms with E-state index in [0.717, 1.165) is 31.5 Å². The topological polar surface area (TPSA) is 33.3 Å². The predicted molar refractivity (Wildman–Crippen MR) is 64.6 cm³/mol. The summed E-state index contributed by atoms with van der Waals surface area (Å²) in [6, 6.07) is 2.16. The normalized spacial score (nSPS) is 10.4. The molecule has 0 unspecified atom stereocenters. The van der Waals surface area contributed by atoms with E-state index in [1.807, 2.05) is 7.05 Å². The summed E-state index contributed by atoms with van der Waals surface area (Å²) in [6.45, 7) is 1.53. The highest BCUT2D eigenvalue weighted by atomic mass is 19.1. The Hall–Kier alpha value is -1.36. The Labute approximate surface area is 100 Å². The van der Waals surface area contributed by atoms with Crippen LogP contribution in [0.5, 0.6) is 5.75 Å². The van der Waals surface area contributed by atoms with Crippen molar-refractivity contribution in [3.63, 3.8) is 0 Å². The van der Waals surface area contributed by atoms with Crippen molar-refractivity contribution in [2.75, 3.05) is 32.6 Å². The Morgan fingerprint density at radius 3 is 2.47 bits per heavy atom. The van der Waals surface area contributed by atoms with E-state index in [0.29, 0.717) is 6.54 Å². The lowest BCUT2D eigenvalue weighted by Gasteiger charge is -2.09. The molecule has 0 amide bonds. The zero-order valence-electron chi connectivity index (χ0n) is 10.1. The highest BCUT2D eigenvalue weighted by Gasteiger charge is 2.09. The van der Waals surface area contributed by atoms with Gasteiger partial charge in [-0.3, -0.25) is 0 Å². The quantitative estimate of drug-likeness (QED) is 0.722. The molecule has 0 atom stereocenters. The van der Waals surface area contributed by atoms with Gasteiger partial charge >= 0.3 is 0 Å². The molecule has 0 fully saturated rings. The van der Waals surface area contributed by atoms with Gasteiger partial charge in [0.15, 0.2) is 11.6 Å². The van der Waals surface area contributed by atoms with Crippen LogP contribution < -0.4 is 15.4 Å². The number of anilines is 1. The first-order valence-corrected chi connectivity index (χ1v) is 5.60. The number of halogens is 2. The van der Waals surface area contributed by atoms with E-state index in [9.17, 15) is 8.78 Å². The molecule has 0 saturated heterocycles. The van der Waals surface area contributed by atoms with E-state index in [-0.39, 0.29) is 11.4 Å². The van der Waals surface area contributed by atoms with Gasteiger partial charge in [0.25, 0.3) is 0 Å². The summed E-state index contributed by atoms with van der Waals surface area (Å²) < 4.78 is 31.5. The predicted octanol–water partition coefficient (Wildman–Crippen LogP) is 2.38. The van der Waals surface area contributed by atoms with Crippen molar-refractivity contribution in [2.24, 2.45) is 0 Å². The van der Waals surface area contributed by atoms with Crippen LogP contribution in [0.1, 0.15) is 12.8 Å².